The lowest BCUT2D eigenvalue weighted by Crippen LogP contribution is -2.23. The SMILES string of the molecule is CC(=O)Nc1cccc(CNC(=O)c2cc(F)cc3[nH]c(=S)[nH]c23)c1. The van der Waals surface area contributed by atoms with E-state index in [-0.39, 0.29) is 18.0 Å². The van der Waals surface area contributed by atoms with Gasteiger partial charge in [-0.3, -0.25) is 9.59 Å². The fourth-order valence-corrected chi connectivity index (χ4v) is 2.74. The molecule has 2 aromatic carbocycles. The summed E-state index contributed by atoms with van der Waals surface area (Å²) in [5.41, 5.74) is 2.50. The third-order valence-electron chi connectivity index (χ3n) is 3.53. The van der Waals surface area contributed by atoms with Gasteiger partial charge in [0.2, 0.25) is 5.91 Å². The van der Waals surface area contributed by atoms with Crippen molar-refractivity contribution in [3.05, 3.63) is 58.1 Å². The first kappa shape index (κ1) is 16.8. The Balaban J connectivity index is 1.79. The molecule has 0 atom stereocenters. The number of H-pyrrole nitrogens is 2. The minimum Gasteiger partial charge on any atom is -0.348 e. The van der Waals surface area contributed by atoms with Crippen molar-refractivity contribution in [2.45, 2.75) is 13.5 Å². The topological polar surface area (TPSA) is 89.8 Å². The fraction of sp³-hybridized carbons (Fsp3) is 0.118. The molecule has 1 aromatic heterocycles. The Morgan fingerprint density at radius 2 is 2.00 bits per heavy atom. The van der Waals surface area contributed by atoms with E-state index >= 15 is 0 Å². The zero-order valence-electron chi connectivity index (χ0n) is 13.3. The number of nitrogens with one attached hydrogen (secondary N) is 4. The number of carbonyl (C=O) groups is 2. The zero-order valence-corrected chi connectivity index (χ0v) is 14.1. The Hall–Kier alpha value is -3.00. The molecule has 0 saturated heterocycles. The summed E-state index contributed by atoms with van der Waals surface area (Å²) >= 11 is 4.99. The van der Waals surface area contributed by atoms with Crippen molar-refractivity contribution in [3.8, 4) is 0 Å². The van der Waals surface area contributed by atoms with Crippen molar-refractivity contribution < 1.29 is 14.0 Å². The number of anilines is 1. The van der Waals surface area contributed by atoms with E-state index in [1.54, 1.807) is 18.2 Å². The van der Waals surface area contributed by atoms with E-state index in [9.17, 15) is 14.0 Å². The number of imidazole rings is 1. The summed E-state index contributed by atoms with van der Waals surface area (Å²) in [6.07, 6.45) is 0. The normalized spacial score (nSPS) is 10.6. The van der Waals surface area contributed by atoms with Gasteiger partial charge in [-0.05, 0) is 42.0 Å². The van der Waals surface area contributed by atoms with Gasteiger partial charge in [0.05, 0.1) is 16.6 Å². The van der Waals surface area contributed by atoms with E-state index in [0.717, 1.165) is 11.6 Å². The molecule has 0 saturated carbocycles. The van der Waals surface area contributed by atoms with Crippen LogP contribution in [0.5, 0.6) is 0 Å². The summed E-state index contributed by atoms with van der Waals surface area (Å²) in [6.45, 7) is 1.65. The van der Waals surface area contributed by atoms with Gasteiger partial charge < -0.3 is 20.6 Å². The van der Waals surface area contributed by atoms with Gasteiger partial charge in [0, 0.05) is 19.2 Å². The molecular formula is C17H15FN4O2S. The molecule has 0 aliphatic heterocycles. The molecule has 0 fully saturated rings. The molecule has 0 radical (unpaired) electrons. The van der Waals surface area contributed by atoms with E-state index in [4.69, 9.17) is 12.2 Å². The van der Waals surface area contributed by atoms with Crippen LogP contribution in [0.15, 0.2) is 36.4 Å². The number of rotatable bonds is 4. The van der Waals surface area contributed by atoms with Crippen LogP contribution >= 0.6 is 12.2 Å². The van der Waals surface area contributed by atoms with E-state index in [0.29, 0.717) is 21.5 Å². The average Bonchev–Trinajstić information content (AvgIpc) is 2.91. The highest BCUT2D eigenvalue weighted by Crippen LogP contribution is 2.18. The Bertz CT molecular complexity index is 1020. The van der Waals surface area contributed by atoms with Crippen molar-refractivity contribution in [2.24, 2.45) is 0 Å². The molecule has 1 heterocycles. The first-order valence-electron chi connectivity index (χ1n) is 7.48. The highest BCUT2D eigenvalue weighted by atomic mass is 32.1. The van der Waals surface area contributed by atoms with Gasteiger partial charge in [-0.25, -0.2) is 4.39 Å². The third-order valence-corrected chi connectivity index (χ3v) is 3.74. The van der Waals surface area contributed by atoms with Crippen LogP contribution in [0.1, 0.15) is 22.8 Å². The highest BCUT2D eigenvalue weighted by Gasteiger charge is 2.14. The second-order valence-corrected chi connectivity index (χ2v) is 5.93. The molecule has 25 heavy (non-hydrogen) atoms. The maximum atomic E-state index is 13.7. The standard InChI is InChI=1S/C17H15FN4O2S/c1-9(23)20-12-4-2-3-10(5-12)8-19-16(24)13-6-11(18)7-14-15(13)22-17(25)21-14/h2-7H,8H2,1H3,(H,19,24)(H,20,23)(H2,21,22,25). The monoisotopic (exact) mass is 358 g/mol. The second-order valence-electron chi connectivity index (χ2n) is 5.52. The number of hydrogen-bond acceptors (Lipinski definition) is 3. The highest BCUT2D eigenvalue weighted by molar-refractivity contribution is 7.71. The van der Waals surface area contributed by atoms with Crippen LogP contribution in [-0.2, 0) is 11.3 Å². The average molecular weight is 358 g/mol. The number of carbonyl (C=O) groups excluding carboxylic acids is 2. The Kier molecular flexibility index (Phi) is 4.62. The van der Waals surface area contributed by atoms with Gasteiger partial charge >= 0.3 is 0 Å². The van der Waals surface area contributed by atoms with Crippen LogP contribution in [0.4, 0.5) is 10.1 Å². The van der Waals surface area contributed by atoms with Gasteiger partial charge in [0.25, 0.3) is 5.91 Å². The number of amides is 2. The number of fused-ring (bicyclic) bond motifs is 1. The molecular weight excluding hydrogens is 343 g/mol. The van der Waals surface area contributed by atoms with Crippen LogP contribution in [-0.4, -0.2) is 21.8 Å². The van der Waals surface area contributed by atoms with Crippen LogP contribution in [0.2, 0.25) is 0 Å². The zero-order chi connectivity index (χ0) is 18.0. The van der Waals surface area contributed by atoms with E-state index in [1.165, 1.54) is 13.0 Å². The summed E-state index contributed by atoms with van der Waals surface area (Å²) in [6, 6.07) is 9.53. The molecule has 4 N–H and O–H groups in total. The molecule has 0 spiro atoms. The predicted molar refractivity (Wildman–Crippen MR) is 95.4 cm³/mol. The van der Waals surface area contributed by atoms with Crippen molar-refractivity contribution in [3.63, 3.8) is 0 Å². The lowest BCUT2D eigenvalue weighted by atomic mass is 10.1. The van der Waals surface area contributed by atoms with Crippen LogP contribution < -0.4 is 10.6 Å². The molecule has 0 bridgehead atoms. The molecule has 2 amide bonds. The largest absolute Gasteiger partial charge is 0.348 e. The van der Waals surface area contributed by atoms with Gasteiger partial charge in [-0.2, -0.15) is 0 Å². The first-order chi connectivity index (χ1) is 11.9. The maximum absolute atomic E-state index is 13.7. The van der Waals surface area contributed by atoms with E-state index in [1.807, 2.05) is 6.07 Å². The second kappa shape index (κ2) is 6.86. The van der Waals surface area contributed by atoms with Gasteiger partial charge in [-0.1, -0.05) is 12.1 Å². The molecule has 6 nitrogen and oxygen atoms in total. The van der Waals surface area contributed by atoms with Crippen molar-refractivity contribution in [1.29, 1.82) is 0 Å². The maximum Gasteiger partial charge on any atom is 0.253 e. The lowest BCUT2D eigenvalue weighted by Gasteiger charge is -2.08. The number of aromatic nitrogens is 2. The Labute approximate surface area is 147 Å². The molecule has 0 aliphatic carbocycles. The van der Waals surface area contributed by atoms with Crippen molar-refractivity contribution in [1.82, 2.24) is 15.3 Å². The predicted octanol–water partition coefficient (Wildman–Crippen LogP) is 3.25. The summed E-state index contributed by atoms with van der Waals surface area (Å²) in [4.78, 5) is 29.2. The smallest absolute Gasteiger partial charge is 0.253 e. The minimum absolute atomic E-state index is 0.167. The van der Waals surface area contributed by atoms with E-state index in [2.05, 4.69) is 20.6 Å². The Morgan fingerprint density at radius 1 is 1.20 bits per heavy atom. The fourth-order valence-electron chi connectivity index (χ4n) is 2.53. The van der Waals surface area contributed by atoms with Crippen molar-refractivity contribution in [2.75, 3.05) is 5.32 Å². The first-order valence-corrected chi connectivity index (χ1v) is 7.89. The van der Waals surface area contributed by atoms with Gasteiger partial charge in [0.15, 0.2) is 4.77 Å². The molecule has 128 valence electrons. The number of halogens is 1. The van der Waals surface area contributed by atoms with Crippen LogP contribution in [0, 0.1) is 10.6 Å². The molecule has 3 aromatic rings. The van der Waals surface area contributed by atoms with Gasteiger partial charge in [-0.15, -0.1) is 0 Å². The summed E-state index contributed by atoms with van der Waals surface area (Å²) in [5, 5.41) is 5.42. The molecule has 8 heteroatoms. The number of hydrogen-bond donors (Lipinski definition) is 4. The minimum atomic E-state index is -0.532. The number of aromatic amines is 2. The van der Waals surface area contributed by atoms with Crippen LogP contribution in [0.25, 0.3) is 11.0 Å². The third kappa shape index (κ3) is 3.92. The summed E-state index contributed by atoms with van der Waals surface area (Å²) in [7, 11) is 0. The van der Waals surface area contributed by atoms with E-state index < -0.39 is 11.7 Å². The molecule has 3 rings (SSSR count). The quantitative estimate of drug-likeness (QED) is 0.540. The number of benzene rings is 2. The molecule has 0 unspecified atom stereocenters. The van der Waals surface area contributed by atoms with Gasteiger partial charge in [0.1, 0.15) is 5.82 Å². The summed E-state index contributed by atoms with van der Waals surface area (Å²) < 4.78 is 14.0. The molecule has 0 aliphatic rings. The van der Waals surface area contributed by atoms with Crippen molar-refractivity contribution >= 4 is 40.8 Å². The lowest BCUT2D eigenvalue weighted by molar-refractivity contribution is -0.114. The summed E-state index contributed by atoms with van der Waals surface area (Å²) in [5.74, 6) is -1.14. The van der Waals surface area contributed by atoms with Crippen LogP contribution in [0.3, 0.4) is 0 Å². The Morgan fingerprint density at radius 3 is 2.76 bits per heavy atom.